The third-order valence-corrected chi connectivity index (χ3v) is 6.54. The smallest absolute Gasteiger partial charge is 0.317 e. The second-order valence-electron chi connectivity index (χ2n) is 8.89. The van der Waals surface area contributed by atoms with Crippen LogP contribution in [0.15, 0.2) is 30.5 Å². The number of pyridine rings is 1. The summed E-state index contributed by atoms with van der Waals surface area (Å²) in [6.07, 6.45) is 4.98. The zero-order valence-electron chi connectivity index (χ0n) is 17.6. The predicted molar refractivity (Wildman–Crippen MR) is 117 cm³/mol. The van der Waals surface area contributed by atoms with E-state index in [1.54, 1.807) is 0 Å². The zero-order chi connectivity index (χ0) is 20.4. The van der Waals surface area contributed by atoms with Crippen LogP contribution < -0.4 is 11.1 Å². The molecule has 0 saturated carbocycles. The minimum atomic E-state index is 0.0945. The number of hydrogen-bond acceptors (Lipinski definition) is 4. The number of carbonyl (C=O) groups excluding carboxylic acids is 1. The summed E-state index contributed by atoms with van der Waals surface area (Å²) in [5.41, 5.74) is 9.28. The first-order valence-corrected chi connectivity index (χ1v) is 10.9. The molecule has 0 radical (unpaired) electrons. The van der Waals surface area contributed by atoms with E-state index in [0.29, 0.717) is 24.4 Å². The molecule has 156 valence electrons. The molecule has 6 nitrogen and oxygen atoms in total. The molecule has 29 heavy (non-hydrogen) atoms. The third kappa shape index (κ3) is 4.38. The minimum absolute atomic E-state index is 0.0945. The molecule has 2 amide bonds. The fourth-order valence-corrected chi connectivity index (χ4v) is 4.94. The number of nitrogens with zero attached hydrogens (tertiary/aromatic N) is 3. The number of carbonyl (C=O) groups is 1. The van der Waals surface area contributed by atoms with E-state index >= 15 is 0 Å². The highest BCUT2D eigenvalue weighted by molar-refractivity contribution is 5.85. The Kier molecular flexibility index (Phi) is 6.01. The van der Waals surface area contributed by atoms with Crippen LogP contribution in [0.5, 0.6) is 0 Å². The van der Waals surface area contributed by atoms with Crippen molar-refractivity contribution in [3.8, 4) is 0 Å². The average molecular weight is 396 g/mol. The summed E-state index contributed by atoms with van der Waals surface area (Å²) < 4.78 is 0. The first-order chi connectivity index (χ1) is 14.0. The second kappa shape index (κ2) is 8.67. The van der Waals surface area contributed by atoms with E-state index in [4.69, 9.17) is 5.73 Å². The van der Waals surface area contributed by atoms with Crippen molar-refractivity contribution < 1.29 is 4.79 Å². The van der Waals surface area contributed by atoms with E-state index in [9.17, 15) is 4.79 Å². The summed E-state index contributed by atoms with van der Waals surface area (Å²) in [6.45, 7) is 6.42. The summed E-state index contributed by atoms with van der Waals surface area (Å²) in [5, 5.41) is 4.46. The van der Waals surface area contributed by atoms with Gasteiger partial charge in [-0.3, -0.25) is 4.98 Å². The minimum Gasteiger partial charge on any atom is -0.335 e. The standard InChI is InChI=1S/C23H33N5O/c1-16-12-18(20-6-5-17(13-24)22-21(20)4-3-9-25-22)15-28(14-16)23(29)26-19-7-10-27(2)11-8-19/h3-6,9,16,18-19H,7-8,10-15,24H2,1-2H3,(H,26,29)/t16-,18+/m1/s1. The molecule has 1 aromatic carbocycles. The van der Waals surface area contributed by atoms with Crippen LogP contribution in [-0.2, 0) is 6.54 Å². The predicted octanol–water partition coefficient (Wildman–Crippen LogP) is 2.92. The van der Waals surface area contributed by atoms with Crippen molar-refractivity contribution in [1.29, 1.82) is 0 Å². The number of nitrogens with two attached hydrogens (primary N) is 1. The van der Waals surface area contributed by atoms with Crippen molar-refractivity contribution in [1.82, 2.24) is 20.1 Å². The number of amides is 2. The summed E-state index contributed by atoms with van der Waals surface area (Å²) in [6, 6.07) is 8.82. The van der Waals surface area contributed by atoms with Crippen LogP contribution in [0.1, 0.15) is 43.2 Å². The van der Waals surface area contributed by atoms with Crippen molar-refractivity contribution in [3.05, 3.63) is 41.6 Å². The molecule has 3 heterocycles. The van der Waals surface area contributed by atoms with E-state index in [0.717, 1.165) is 56.5 Å². The van der Waals surface area contributed by atoms with Gasteiger partial charge in [-0.25, -0.2) is 4.79 Å². The molecule has 2 aromatic rings. The fraction of sp³-hybridized carbons (Fsp3) is 0.565. The molecule has 0 unspecified atom stereocenters. The molecule has 1 aromatic heterocycles. The van der Waals surface area contributed by atoms with Crippen LogP contribution in [0, 0.1) is 5.92 Å². The highest BCUT2D eigenvalue weighted by Gasteiger charge is 2.31. The van der Waals surface area contributed by atoms with Gasteiger partial charge in [0.15, 0.2) is 0 Å². The molecule has 2 fully saturated rings. The average Bonchev–Trinajstić information content (AvgIpc) is 2.74. The zero-order valence-corrected chi connectivity index (χ0v) is 17.6. The lowest BCUT2D eigenvalue weighted by Crippen LogP contribution is -2.52. The van der Waals surface area contributed by atoms with Crippen molar-refractivity contribution in [3.63, 3.8) is 0 Å². The van der Waals surface area contributed by atoms with Gasteiger partial charge in [-0.05, 0) is 62.5 Å². The molecule has 6 heteroatoms. The lowest BCUT2D eigenvalue weighted by Gasteiger charge is -2.38. The van der Waals surface area contributed by atoms with E-state index in [1.807, 2.05) is 17.2 Å². The van der Waals surface area contributed by atoms with Crippen LogP contribution in [0.3, 0.4) is 0 Å². The highest BCUT2D eigenvalue weighted by atomic mass is 16.2. The Morgan fingerprint density at radius 3 is 2.79 bits per heavy atom. The number of urea groups is 1. The Morgan fingerprint density at radius 2 is 2.03 bits per heavy atom. The summed E-state index contributed by atoms with van der Waals surface area (Å²) in [7, 11) is 2.14. The summed E-state index contributed by atoms with van der Waals surface area (Å²) in [5.74, 6) is 0.790. The number of likely N-dealkylation sites (tertiary alicyclic amines) is 2. The monoisotopic (exact) mass is 395 g/mol. The van der Waals surface area contributed by atoms with Gasteiger partial charge in [-0.2, -0.15) is 0 Å². The topological polar surface area (TPSA) is 74.5 Å². The van der Waals surface area contributed by atoms with E-state index in [2.05, 4.69) is 47.4 Å². The Hall–Kier alpha value is -2.18. The number of rotatable bonds is 3. The Morgan fingerprint density at radius 1 is 1.24 bits per heavy atom. The van der Waals surface area contributed by atoms with Gasteiger partial charge in [-0.1, -0.05) is 25.1 Å². The van der Waals surface area contributed by atoms with Crippen LogP contribution in [-0.4, -0.2) is 60.1 Å². The van der Waals surface area contributed by atoms with Crippen LogP contribution in [0.2, 0.25) is 0 Å². The van der Waals surface area contributed by atoms with Gasteiger partial charge in [0.1, 0.15) is 0 Å². The molecule has 2 aliphatic heterocycles. The normalized spacial score (nSPS) is 24.0. The Labute approximate surface area is 173 Å². The molecule has 4 rings (SSSR count). The molecule has 0 bridgehead atoms. The quantitative estimate of drug-likeness (QED) is 0.838. The van der Waals surface area contributed by atoms with Gasteiger partial charge in [0.25, 0.3) is 0 Å². The molecule has 2 atom stereocenters. The molecule has 0 spiro atoms. The van der Waals surface area contributed by atoms with Gasteiger partial charge in [0, 0.05) is 43.2 Å². The van der Waals surface area contributed by atoms with Crippen molar-refractivity contribution in [2.75, 3.05) is 33.2 Å². The highest BCUT2D eigenvalue weighted by Crippen LogP contribution is 2.35. The van der Waals surface area contributed by atoms with Gasteiger partial charge in [-0.15, -0.1) is 0 Å². The first kappa shape index (κ1) is 20.1. The second-order valence-corrected chi connectivity index (χ2v) is 8.89. The van der Waals surface area contributed by atoms with Gasteiger partial charge < -0.3 is 20.9 Å². The van der Waals surface area contributed by atoms with Gasteiger partial charge >= 0.3 is 6.03 Å². The van der Waals surface area contributed by atoms with E-state index in [-0.39, 0.29) is 6.03 Å². The largest absolute Gasteiger partial charge is 0.335 e. The number of nitrogens with one attached hydrogen (secondary N) is 1. The van der Waals surface area contributed by atoms with Crippen molar-refractivity contribution in [2.45, 2.75) is 44.7 Å². The molecule has 3 N–H and O–H groups in total. The van der Waals surface area contributed by atoms with E-state index < -0.39 is 0 Å². The number of piperidine rings is 2. The van der Waals surface area contributed by atoms with Crippen molar-refractivity contribution >= 4 is 16.9 Å². The first-order valence-electron chi connectivity index (χ1n) is 10.9. The third-order valence-electron chi connectivity index (χ3n) is 6.54. The lowest BCUT2D eigenvalue weighted by atomic mass is 9.83. The number of aromatic nitrogens is 1. The molecule has 2 saturated heterocycles. The number of hydrogen-bond donors (Lipinski definition) is 2. The van der Waals surface area contributed by atoms with Crippen LogP contribution in [0.25, 0.3) is 10.9 Å². The summed E-state index contributed by atoms with van der Waals surface area (Å²) >= 11 is 0. The maximum absolute atomic E-state index is 13.0. The maximum Gasteiger partial charge on any atom is 0.317 e. The van der Waals surface area contributed by atoms with E-state index in [1.165, 1.54) is 10.9 Å². The Bertz CT molecular complexity index is 861. The maximum atomic E-state index is 13.0. The number of benzene rings is 1. The fourth-order valence-electron chi connectivity index (χ4n) is 4.94. The lowest BCUT2D eigenvalue weighted by molar-refractivity contribution is 0.150. The van der Waals surface area contributed by atoms with Gasteiger partial charge in [0.2, 0.25) is 0 Å². The summed E-state index contributed by atoms with van der Waals surface area (Å²) in [4.78, 5) is 21.9. The molecule has 2 aliphatic rings. The Balaban J connectivity index is 1.52. The molecular weight excluding hydrogens is 362 g/mol. The molecular formula is C23H33N5O. The molecule has 0 aliphatic carbocycles. The SMILES string of the molecule is C[C@@H]1C[C@H](c2ccc(CN)c3ncccc23)CN(C(=O)NC2CCN(C)CC2)C1. The van der Waals surface area contributed by atoms with Crippen molar-refractivity contribution in [2.24, 2.45) is 11.7 Å². The van der Waals surface area contributed by atoms with Crippen LogP contribution >= 0.6 is 0 Å². The number of fused-ring (bicyclic) bond motifs is 1. The van der Waals surface area contributed by atoms with Gasteiger partial charge in [0.05, 0.1) is 5.52 Å². The van der Waals surface area contributed by atoms with Crippen LogP contribution in [0.4, 0.5) is 4.79 Å².